The van der Waals surface area contributed by atoms with Crippen molar-refractivity contribution in [2.75, 3.05) is 10.0 Å². The van der Waals surface area contributed by atoms with E-state index in [0.717, 1.165) is 31.0 Å². The second kappa shape index (κ2) is 8.19. The number of aryl methyl sites for hydroxylation is 2. The van der Waals surface area contributed by atoms with Gasteiger partial charge in [-0.25, -0.2) is 8.42 Å². The first kappa shape index (κ1) is 20.5. The number of amides is 1. The molecule has 0 bridgehead atoms. The van der Waals surface area contributed by atoms with Crippen LogP contribution in [0.4, 0.5) is 17.1 Å². The van der Waals surface area contributed by atoms with E-state index in [0.29, 0.717) is 5.56 Å². The lowest BCUT2D eigenvalue weighted by Crippen LogP contribution is -2.14. The van der Waals surface area contributed by atoms with E-state index < -0.39 is 14.9 Å². The van der Waals surface area contributed by atoms with Crippen LogP contribution in [0.3, 0.4) is 0 Å². The first-order valence-corrected chi connectivity index (χ1v) is 11.1. The standard InChI is InChI=1S/C22H19N3O5S/c26-22(23-19-12-7-15-3-1-4-17(15)13-19)16-8-10-18(11-9-16)24-31(29,30)21-6-2-5-20(14-21)25(27)28/h2,5-14,24H,1,3-4H2,(H,23,26). The lowest BCUT2D eigenvalue weighted by molar-refractivity contribution is -0.385. The zero-order chi connectivity index (χ0) is 22.0. The number of nitro benzene ring substituents is 1. The van der Waals surface area contributed by atoms with Crippen LogP contribution in [0.5, 0.6) is 0 Å². The van der Waals surface area contributed by atoms with Gasteiger partial charge in [0, 0.05) is 29.1 Å². The third-order valence-corrected chi connectivity index (χ3v) is 6.47. The Morgan fingerprint density at radius 2 is 1.61 bits per heavy atom. The third kappa shape index (κ3) is 4.56. The highest BCUT2D eigenvalue weighted by molar-refractivity contribution is 7.92. The van der Waals surface area contributed by atoms with Crippen molar-refractivity contribution in [3.8, 4) is 0 Å². The number of sulfonamides is 1. The van der Waals surface area contributed by atoms with Crippen molar-refractivity contribution in [1.82, 2.24) is 0 Å². The van der Waals surface area contributed by atoms with Crippen molar-refractivity contribution >= 4 is 33.0 Å². The molecule has 0 heterocycles. The number of nitrogens with zero attached hydrogens (tertiary/aromatic N) is 1. The van der Waals surface area contributed by atoms with Crippen molar-refractivity contribution in [3.05, 3.63) is 93.5 Å². The van der Waals surface area contributed by atoms with Gasteiger partial charge in [0.25, 0.3) is 21.6 Å². The summed E-state index contributed by atoms with van der Waals surface area (Å²) in [5.41, 5.74) is 3.59. The number of benzene rings is 3. The Morgan fingerprint density at radius 3 is 2.35 bits per heavy atom. The normalized spacial score (nSPS) is 12.8. The Labute approximate surface area is 179 Å². The summed E-state index contributed by atoms with van der Waals surface area (Å²) in [6.45, 7) is 0. The van der Waals surface area contributed by atoms with Crippen LogP contribution >= 0.6 is 0 Å². The first-order valence-electron chi connectivity index (χ1n) is 9.62. The molecule has 3 aromatic carbocycles. The Bertz CT molecular complexity index is 1270. The van der Waals surface area contributed by atoms with E-state index >= 15 is 0 Å². The number of nitrogens with one attached hydrogen (secondary N) is 2. The van der Waals surface area contributed by atoms with Gasteiger partial charge in [0.05, 0.1) is 9.82 Å². The monoisotopic (exact) mass is 437 g/mol. The summed E-state index contributed by atoms with van der Waals surface area (Å²) in [7, 11) is -4.01. The van der Waals surface area contributed by atoms with Gasteiger partial charge in [-0.05, 0) is 72.9 Å². The Morgan fingerprint density at radius 1 is 0.903 bits per heavy atom. The van der Waals surface area contributed by atoms with Gasteiger partial charge in [0.15, 0.2) is 0 Å². The average molecular weight is 437 g/mol. The number of nitro groups is 1. The van der Waals surface area contributed by atoms with Crippen LogP contribution < -0.4 is 10.0 Å². The maximum absolute atomic E-state index is 12.5. The van der Waals surface area contributed by atoms with Crippen LogP contribution in [0.1, 0.15) is 27.9 Å². The van der Waals surface area contributed by atoms with Crippen molar-refractivity contribution in [2.45, 2.75) is 24.2 Å². The lowest BCUT2D eigenvalue weighted by atomic mass is 10.1. The number of rotatable bonds is 6. The number of non-ortho nitro benzene ring substituents is 1. The second-order valence-electron chi connectivity index (χ2n) is 7.23. The molecule has 1 amide bonds. The maximum atomic E-state index is 12.5. The van der Waals surface area contributed by atoms with Crippen molar-refractivity contribution in [1.29, 1.82) is 0 Å². The van der Waals surface area contributed by atoms with E-state index in [9.17, 15) is 23.3 Å². The minimum Gasteiger partial charge on any atom is -0.322 e. The quantitative estimate of drug-likeness (QED) is 0.444. The molecule has 0 aromatic heterocycles. The largest absolute Gasteiger partial charge is 0.322 e. The average Bonchev–Trinajstić information content (AvgIpc) is 3.22. The summed E-state index contributed by atoms with van der Waals surface area (Å²) in [6.07, 6.45) is 3.20. The molecule has 8 nitrogen and oxygen atoms in total. The van der Waals surface area contributed by atoms with Crippen LogP contribution in [0, 0.1) is 10.1 Å². The Balaban J connectivity index is 1.46. The fraction of sp³-hybridized carbons (Fsp3) is 0.136. The summed E-state index contributed by atoms with van der Waals surface area (Å²) in [4.78, 5) is 22.5. The van der Waals surface area contributed by atoms with Gasteiger partial charge in [0.1, 0.15) is 0 Å². The molecule has 0 saturated carbocycles. The number of anilines is 2. The summed E-state index contributed by atoms with van der Waals surface area (Å²) < 4.78 is 27.4. The molecule has 0 atom stereocenters. The third-order valence-electron chi connectivity index (χ3n) is 5.09. The molecule has 0 spiro atoms. The molecule has 0 unspecified atom stereocenters. The molecule has 9 heteroatoms. The minimum absolute atomic E-state index is 0.222. The van der Waals surface area contributed by atoms with Crippen LogP contribution in [0.15, 0.2) is 71.6 Å². The van der Waals surface area contributed by atoms with E-state index in [1.165, 1.54) is 53.6 Å². The molecule has 1 aliphatic carbocycles. The maximum Gasteiger partial charge on any atom is 0.270 e. The van der Waals surface area contributed by atoms with Gasteiger partial charge in [-0.3, -0.25) is 19.6 Å². The van der Waals surface area contributed by atoms with Crippen LogP contribution in [0.2, 0.25) is 0 Å². The molecule has 4 rings (SSSR count). The van der Waals surface area contributed by atoms with Gasteiger partial charge in [-0.15, -0.1) is 0 Å². The smallest absolute Gasteiger partial charge is 0.270 e. The van der Waals surface area contributed by atoms with Crippen LogP contribution in [-0.2, 0) is 22.9 Å². The number of hydrogen-bond acceptors (Lipinski definition) is 5. The highest BCUT2D eigenvalue weighted by atomic mass is 32.2. The van der Waals surface area contributed by atoms with Gasteiger partial charge in [0.2, 0.25) is 0 Å². The fourth-order valence-electron chi connectivity index (χ4n) is 3.52. The molecule has 0 aliphatic heterocycles. The van der Waals surface area contributed by atoms with Crippen molar-refractivity contribution in [3.63, 3.8) is 0 Å². The molecule has 31 heavy (non-hydrogen) atoms. The van der Waals surface area contributed by atoms with Gasteiger partial charge >= 0.3 is 0 Å². The van der Waals surface area contributed by atoms with Crippen molar-refractivity contribution in [2.24, 2.45) is 0 Å². The fourth-order valence-corrected chi connectivity index (χ4v) is 4.62. The number of hydrogen-bond donors (Lipinski definition) is 2. The second-order valence-corrected chi connectivity index (χ2v) is 8.91. The van der Waals surface area contributed by atoms with E-state index in [1.807, 2.05) is 18.2 Å². The molecule has 2 N–H and O–H groups in total. The van der Waals surface area contributed by atoms with E-state index in [4.69, 9.17) is 0 Å². The molecular weight excluding hydrogens is 418 g/mol. The van der Waals surface area contributed by atoms with Crippen molar-refractivity contribution < 1.29 is 18.1 Å². The number of fused-ring (bicyclic) bond motifs is 1. The number of carbonyl (C=O) groups excluding carboxylic acids is 1. The highest BCUT2D eigenvalue weighted by Gasteiger charge is 2.18. The topological polar surface area (TPSA) is 118 Å². The predicted octanol–water partition coefficient (Wildman–Crippen LogP) is 4.14. The summed E-state index contributed by atoms with van der Waals surface area (Å²) >= 11 is 0. The summed E-state index contributed by atoms with van der Waals surface area (Å²) in [5, 5.41) is 13.7. The van der Waals surface area contributed by atoms with E-state index in [2.05, 4.69) is 10.0 Å². The van der Waals surface area contributed by atoms with Crippen LogP contribution in [-0.4, -0.2) is 19.2 Å². The number of carbonyl (C=O) groups is 1. The summed E-state index contributed by atoms with van der Waals surface area (Å²) in [6, 6.07) is 16.6. The SMILES string of the molecule is O=C(Nc1ccc2c(c1)CCC2)c1ccc(NS(=O)(=O)c2cccc([N+](=O)[O-])c2)cc1. The zero-order valence-corrected chi connectivity index (χ0v) is 17.2. The lowest BCUT2D eigenvalue weighted by Gasteiger charge is -2.10. The van der Waals surface area contributed by atoms with Gasteiger partial charge < -0.3 is 5.32 Å². The first-order chi connectivity index (χ1) is 14.8. The van der Waals surface area contributed by atoms with Gasteiger partial charge in [-0.2, -0.15) is 0 Å². The van der Waals surface area contributed by atoms with E-state index in [1.54, 1.807) is 0 Å². The molecule has 1 aliphatic rings. The Hall–Kier alpha value is -3.72. The van der Waals surface area contributed by atoms with Crippen LogP contribution in [0.25, 0.3) is 0 Å². The highest BCUT2D eigenvalue weighted by Crippen LogP contribution is 2.25. The van der Waals surface area contributed by atoms with E-state index in [-0.39, 0.29) is 22.2 Å². The molecular formula is C22H19N3O5S. The van der Waals surface area contributed by atoms with Gasteiger partial charge in [-0.1, -0.05) is 12.1 Å². The molecule has 0 saturated heterocycles. The Kier molecular flexibility index (Phi) is 5.43. The zero-order valence-electron chi connectivity index (χ0n) is 16.4. The minimum atomic E-state index is -4.01. The predicted molar refractivity (Wildman–Crippen MR) is 117 cm³/mol. The molecule has 0 radical (unpaired) electrons. The summed E-state index contributed by atoms with van der Waals surface area (Å²) in [5.74, 6) is -0.300. The molecule has 0 fully saturated rings. The molecule has 3 aromatic rings. The molecule has 158 valence electrons.